The van der Waals surface area contributed by atoms with Crippen molar-refractivity contribution < 1.29 is 28.7 Å². The van der Waals surface area contributed by atoms with Crippen LogP contribution in [0.25, 0.3) is 0 Å². The zero-order valence-corrected chi connectivity index (χ0v) is 31.8. The SMILES string of the molecule is CC(Cc1ccc(N2C=CC(NC(=O)N3CCN(C(=O)C(C)(C)NC(=O)OC(C)(C)C)CC3)=NC2)cc1)NC1CC[C@@H](NC(=O)OC(C)(C)C)C1. The molecule has 2 fully saturated rings. The highest BCUT2D eigenvalue weighted by Crippen LogP contribution is 2.22. The van der Waals surface area contributed by atoms with Crippen LogP contribution in [-0.4, -0.2) is 107 Å². The lowest BCUT2D eigenvalue weighted by molar-refractivity contribution is -0.138. The maximum absolute atomic E-state index is 13.1. The number of amides is 5. The van der Waals surface area contributed by atoms with Crippen LogP contribution >= 0.6 is 0 Å². The van der Waals surface area contributed by atoms with Crippen LogP contribution in [-0.2, 0) is 20.7 Å². The summed E-state index contributed by atoms with van der Waals surface area (Å²) in [6.45, 7) is 18.1. The number of nitrogens with zero attached hydrogens (tertiary/aromatic N) is 4. The molecule has 0 aromatic heterocycles. The minimum absolute atomic E-state index is 0.126. The smallest absolute Gasteiger partial charge is 0.408 e. The number of carbonyl (C=O) groups is 4. The van der Waals surface area contributed by atoms with Gasteiger partial charge >= 0.3 is 18.2 Å². The van der Waals surface area contributed by atoms with E-state index in [2.05, 4.69) is 57.4 Å². The lowest BCUT2D eigenvalue weighted by Crippen LogP contribution is -2.61. The van der Waals surface area contributed by atoms with E-state index in [9.17, 15) is 19.2 Å². The summed E-state index contributed by atoms with van der Waals surface area (Å²) in [5, 5.41) is 12.3. The van der Waals surface area contributed by atoms with Gasteiger partial charge in [0.1, 0.15) is 29.2 Å². The normalized spacial score (nSPS) is 20.3. The maximum Gasteiger partial charge on any atom is 0.408 e. The third kappa shape index (κ3) is 12.4. The predicted molar refractivity (Wildman–Crippen MR) is 198 cm³/mol. The van der Waals surface area contributed by atoms with Crippen molar-refractivity contribution in [3.63, 3.8) is 0 Å². The summed E-state index contributed by atoms with van der Waals surface area (Å²) >= 11 is 0. The number of urea groups is 1. The Kier molecular flexibility index (Phi) is 12.6. The molecule has 2 unspecified atom stereocenters. The number of benzene rings is 1. The first-order chi connectivity index (χ1) is 23.8. The van der Waals surface area contributed by atoms with Crippen LogP contribution < -0.4 is 26.2 Å². The molecule has 51 heavy (non-hydrogen) atoms. The van der Waals surface area contributed by atoms with Crippen LogP contribution in [0.1, 0.15) is 87.1 Å². The minimum atomic E-state index is -1.15. The fraction of sp³-hybridized carbons (Fsp3) is 0.649. The molecule has 1 aromatic rings. The van der Waals surface area contributed by atoms with E-state index in [4.69, 9.17) is 9.47 Å². The monoisotopic (exact) mass is 710 g/mol. The van der Waals surface area contributed by atoms with Gasteiger partial charge in [-0.15, -0.1) is 0 Å². The number of amidine groups is 1. The number of piperazine rings is 1. The number of alkyl carbamates (subject to hydrolysis) is 2. The molecule has 2 heterocycles. The van der Waals surface area contributed by atoms with Crippen molar-refractivity contribution in [2.75, 3.05) is 37.7 Å². The summed E-state index contributed by atoms with van der Waals surface area (Å²) in [6, 6.07) is 8.89. The average Bonchev–Trinajstić information content (AvgIpc) is 3.45. The standard InChI is InChI=1S/C37H58N8O6/c1-25(39-27-12-13-28(23-27)40-33(48)50-35(2,3)4)22-26-10-14-29(15-11-26)45-17-16-30(38-24-45)41-32(47)44-20-18-43(19-21-44)31(46)37(8,9)42-34(49)51-36(5,6)7/h10-11,14-17,25,27-28,39H,12-13,18-24H2,1-9H3,(H,40,48)(H,42,49)(H,38,41,47)/t25?,27?,28-/m1/s1. The Hall–Kier alpha value is -4.33. The van der Waals surface area contributed by atoms with E-state index in [1.54, 1.807) is 50.5 Å². The summed E-state index contributed by atoms with van der Waals surface area (Å²) in [6.07, 6.45) is 6.40. The van der Waals surface area contributed by atoms with E-state index < -0.39 is 22.8 Å². The number of hydrogen-bond donors (Lipinski definition) is 4. The Morgan fingerprint density at radius 1 is 0.843 bits per heavy atom. The summed E-state index contributed by atoms with van der Waals surface area (Å²) in [4.78, 5) is 60.4. The van der Waals surface area contributed by atoms with Gasteiger partial charge in [0.15, 0.2) is 0 Å². The lowest BCUT2D eigenvalue weighted by atomic mass is 10.0. The molecular weight excluding hydrogens is 652 g/mol. The maximum atomic E-state index is 13.1. The summed E-state index contributed by atoms with van der Waals surface area (Å²) in [5.74, 6) is 0.241. The molecule has 282 valence electrons. The van der Waals surface area contributed by atoms with Gasteiger partial charge in [0.25, 0.3) is 0 Å². The number of rotatable bonds is 8. The molecule has 0 radical (unpaired) electrons. The van der Waals surface area contributed by atoms with E-state index >= 15 is 0 Å². The van der Waals surface area contributed by atoms with Crippen LogP contribution in [0.15, 0.2) is 41.5 Å². The topological polar surface area (TPSA) is 157 Å². The lowest BCUT2D eigenvalue weighted by Gasteiger charge is -2.38. The quantitative estimate of drug-likeness (QED) is 0.307. The third-order valence-electron chi connectivity index (χ3n) is 8.73. The summed E-state index contributed by atoms with van der Waals surface area (Å²) in [5.41, 5.74) is -0.102. The van der Waals surface area contributed by atoms with E-state index in [0.717, 1.165) is 31.4 Å². The van der Waals surface area contributed by atoms with Crippen molar-refractivity contribution >= 4 is 35.6 Å². The Labute approximate surface area is 302 Å². The van der Waals surface area contributed by atoms with Crippen LogP contribution in [0, 0.1) is 0 Å². The molecule has 3 aliphatic rings. The van der Waals surface area contributed by atoms with Crippen LogP contribution in [0.3, 0.4) is 0 Å². The molecule has 1 aliphatic carbocycles. The second-order valence-electron chi connectivity index (χ2n) is 16.2. The third-order valence-corrected chi connectivity index (χ3v) is 8.73. The van der Waals surface area contributed by atoms with Gasteiger partial charge in [-0.05, 0) is 112 Å². The van der Waals surface area contributed by atoms with Crippen molar-refractivity contribution in [1.82, 2.24) is 31.1 Å². The highest BCUT2D eigenvalue weighted by molar-refractivity contribution is 6.04. The Bertz CT molecular complexity index is 1450. The summed E-state index contributed by atoms with van der Waals surface area (Å²) < 4.78 is 10.7. The highest BCUT2D eigenvalue weighted by atomic mass is 16.6. The van der Waals surface area contributed by atoms with Gasteiger partial charge in [0.2, 0.25) is 5.91 Å². The molecule has 4 N–H and O–H groups in total. The molecule has 1 aromatic carbocycles. The van der Waals surface area contributed by atoms with Crippen LogP contribution in [0.2, 0.25) is 0 Å². The molecule has 3 atom stereocenters. The van der Waals surface area contributed by atoms with Crippen LogP contribution in [0.4, 0.5) is 20.1 Å². The van der Waals surface area contributed by atoms with Gasteiger partial charge in [-0.2, -0.15) is 0 Å². The average molecular weight is 711 g/mol. The van der Waals surface area contributed by atoms with Crippen LogP contribution in [0.5, 0.6) is 0 Å². The number of carbonyl (C=O) groups excluding carboxylic acids is 4. The number of hydrogen-bond acceptors (Lipinski definition) is 9. The zero-order chi connectivity index (χ0) is 37.6. The molecule has 4 rings (SSSR count). The second-order valence-corrected chi connectivity index (χ2v) is 16.2. The molecule has 14 heteroatoms. The molecule has 1 saturated carbocycles. The van der Waals surface area contributed by atoms with Crippen molar-refractivity contribution in [3.05, 3.63) is 42.1 Å². The van der Waals surface area contributed by atoms with E-state index in [-0.39, 0.29) is 30.1 Å². The second kappa shape index (κ2) is 16.3. The summed E-state index contributed by atoms with van der Waals surface area (Å²) in [7, 11) is 0. The molecule has 0 spiro atoms. The van der Waals surface area contributed by atoms with Gasteiger partial charge in [0, 0.05) is 56.2 Å². The Morgan fingerprint density at radius 3 is 2.02 bits per heavy atom. The minimum Gasteiger partial charge on any atom is -0.444 e. The van der Waals surface area contributed by atoms with Crippen molar-refractivity contribution in [2.24, 2.45) is 4.99 Å². The molecular formula is C37H58N8O6. The molecule has 0 bridgehead atoms. The molecule has 14 nitrogen and oxygen atoms in total. The fourth-order valence-corrected chi connectivity index (χ4v) is 6.35. The fourth-order valence-electron chi connectivity index (χ4n) is 6.35. The van der Waals surface area contributed by atoms with E-state index in [0.29, 0.717) is 44.7 Å². The zero-order valence-electron chi connectivity index (χ0n) is 31.8. The number of ether oxygens (including phenoxy) is 2. The molecule has 5 amide bonds. The Balaban J connectivity index is 1.16. The molecule has 1 saturated heterocycles. The number of anilines is 1. The van der Waals surface area contributed by atoms with Crippen molar-refractivity contribution in [1.29, 1.82) is 0 Å². The van der Waals surface area contributed by atoms with Gasteiger partial charge in [-0.25, -0.2) is 19.4 Å². The first kappa shape index (κ1) is 39.5. The first-order valence-electron chi connectivity index (χ1n) is 18.0. The number of nitrogens with one attached hydrogen (secondary N) is 4. The first-order valence-corrected chi connectivity index (χ1v) is 18.0. The van der Waals surface area contributed by atoms with Gasteiger partial charge in [0.05, 0.1) is 0 Å². The number of aliphatic imine (C=N–C) groups is 1. The van der Waals surface area contributed by atoms with E-state index in [1.807, 2.05) is 31.9 Å². The van der Waals surface area contributed by atoms with Crippen molar-refractivity contribution in [3.8, 4) is 0 Å². The Morgan fingerprint density at radius 2 is 1.43 bits per heavy atom. The van der Waals surface area contributed by atoms with Gasteiger partial charge < -0.3 is 40.1 Å². The van der Waals surface area contributed by atoms with Gasteiger partial charge in [-0.1, -0.05) is 12.1 Å². The van der Waals surface area contributed by atoms with Crippen molar-refractivity contribution in [2.45, 2.75) is 123 Å². The largest absolute Gasteiger partial charge is 0.444 e. The van der Waals surface area contributed by atoms with Gasteiger partial charge in [-0.3, -0.25) is 10.1 Å². The predicted octanol–water partition coefficient (Wildman–Crippen LogP) is 4.50. The molecule has 2 aliphatic heterocycles. The van der Waals surface area contributed by atoms with E-state index in [1.165, 1.54) is 5.56 Å². The highest BCUT2D eigenvalue weighted by Gasteiger charge is 2.37.